The summed E-state index contributed by atoms with van der Waals surface area (Å²) in [5.41, 5.74) is 2.47. The maximum Gasteiger partial charge on any atom is 0.256 e. The molecule has 7 nitrogen and oxygen atoms in total. The number of aromatic nitrogens is 5. The summed E-state index contributed by atoms with van der Waals surface area (Å²) in [6.45, 7) is 6.43. The molecule has 29 heavy (non-hydrogen) atoms. The molecule has 0 saturated carbocycles. The molecule has 0 radical (unpaired) electrons. The molecule has 3 aromatic heterocycles. The number of carbonyl (C=O) groups excluding carboxylic acids is 1. The highest BCUT2D eigenvalue weighted by Crippen LogP contribution is 2.22. The van der Waals surface area contributed by atoms with Crippen LogP contribution in [-0.4, -0.2) is 30.1 Å². The Labute approximate surface area is 181 Å². The second kappa shape index (κ2) is 8.63. The number of hydrogen-bond donors (Lipinski definition) is 1. The zero-order valence-corrected chi connectivity index (χ0v) is 17.9. The number of halogens is 2. The predicted octanol–water partition coefficient (Wildman–Crippen LogP) is 4.31. The summed E-state index contributed by atoms with van der Waals surface area (Å²) >= 11 is 0. The molecule has 0 aliphatic rings. The molecule has 4 rings (SSSR count). The smallest absolute Gasteiger partial charge is 0.256 e. The molecule has 0 aliphatic heterocycles. The van der Waals surface area contributed by atoms with Crippen LogP contribution in [-0.2, 0) is 5.41 Å². The van der Waals surface area contributed by atoms with Crippen molar-refractivity contribution in [3.05, 3.63) is 72.4 Å². The summed E-state index contributed by atoms with van der Waals surface area (Å²) in [4.78, 5) is 20.9. The van der Waals surface area contributed by atoms with Gasteiger partial charge in [-0.1, -0.05) is 32.9 Å². The van der Waals surface area contributed by atoms with Gasteiger partial charge in [0.2, 0.25) is 0 Å². The molecule has 0 atom stereocenters. The van der Waals surface area contributed by atoms with Gasteiger partial charge in [0.1, 0.15) is 6.33 Å². The SMILES string of the molecule is CC(C)(C)c1ccc(C(=O)Nc2cn3nc(-n4ccnc4)ccc3n2)cc1.Cl.Cl. The Hall–Kier alpha value is -2.90. The van der Waals surface area contributed by atoms with Crippen LogP contribution in [0.3, 0.4) is 0 Å². The Bertz CT molecular complexity index is 1100. The molecule has 0 aliphatic carbocycles. The number of nitrogens with one attached hydrogen (secondary N) is 1. The lowest BCUT2D eigenvalue weighted by atomic mass is 9.87. The summed E-state index contributed by atoms with van der Waals surface area (Å²) in [6, 6.07) is 11.3. The molecule has 0 saturated heterocycles. The van der Waals surface area contributed by atoms with E-state index in [0.29, 0.717) is 22.8 Å². The highest BCUT2D eigenvalue weighted by atomic mass is 35.5. The number of amides is 1. The zero-order chi connectivity index (χ0) is 19.0. The van der Waals surface area contributed by atoms with E-state index in [0.717, 1.165) is 0 Å². The van der Waals surface area contributed by atoms with Crippen molar-refractivity contribution in [2.24, 2.45) is 0 Å². The van der Waals surface area contributed by atoms with Crippen molar-refractivity contribution >= 4 is 42.2 Å². The van der Waals surface area contributed by atoms with Crippen molar-refractivity contribution in [1.29, 1.82) is 0 Å². The maximum absolute atomic E-state index is 12.5. The number of fused-ring (bicyclic) bond motifs is 1. The lowest BCUT2D eigenvalue weighted by molar-refractivity contribution is 0.102. The second-order valence-electron chi connectivity index (χ2n) is 7.37. The van der Waals surface area contributed by atoms with Crippen molar-refractivity contribution in [2.45, 2.75) is 26.2 Å². The molecule has 9 heteroatoms. The van der Waals surface area contributed by atoms with E-state index in [-0.39, 0.29) is 36.1 Å². The number of hydrogen-bond acceptors (Lipinski definition) is 4. The Kier molecular flexibility index (Phi) is 6.66. The van der Waals surface area contributed by atoms with E-state index < -0.39 is 0 Å². The van der Waals surface area contributed by atoms with Crippen LogP contribution < -0.4 is 5.32 Å². The number of imidazole rings is 2. The van der Waals surface area contributed by atoms with Crippen molar-refractivity contribution in [2.75, 3.05) is 5.32 Å². The summed E-state index contributed by atoms with van der Waals surface area (Å²) in [7, 11) is 0. The van der Waals surface area contributed by atoms with E-state index in [1.54, 1.807) is 27.8 Å². The molecule has 152 valence electrons. The third-order valence-electron chi connectivity index (χ3n) is 4.33. The van der Waals surface area contributed by atoms with Gasteiger partial charge in [-0.05, 0) is 35.2 Å². The van der Waals surface area contributed by atoms with E-state index in [4.69, 9.17) is 0 Å². The number of benzene rings is 1. The Morgan fingerprint density at radius 2 is 1.76 bits per heavy atom. The molecule has 1 aromatic carbocycles. The normalized spacial score (nSPS) is 10.9. The summed E-state index contributed by atoms with van der Waals surface area (Å²) in [5.74, 6) is 0.969. The quantitative estimate of drug-likeness (QED) is 0.523. The van der Waals surface area contributed by atoms with Crippen LogP contribution in [0.5, 0.6) is 0 Å². The van der Waals surface area contributed by atoms with Gasteiger partial charge in [0, 0.05) is 18.0 Å². The summed E-state index contributed by atoms with van der Waals surface area (Å²) < 4.78 is 3.43. The molecule has 4 aromatic rings. The Balaban J connectivity index is 0.00000150. The molecule has 0 fully saturated rings. The summed E-state index contributed by atoms with van der Waals surface area (Å²) in [5, 5.41) is 7.31. The van der Waals surface area contributed by atoms with Gasteiger partial charge in [-0.25, -0.2) is 14.5 Å². The summed E-state index contributed by atoms with van der Waals surface area (Å²) in [6.07, 6.45) is 6.87. The average Bonchev–Trinajstić information content (AvgIpc) is 3.29. The van der Waals surface area contributed by atoms with Crippen LogP contribution in [0.25, 0.3) is 11.5 Å². The van der Waals surface area contributed by atoms with E-state index in [2.05, 4.69) is 41.2 Å². The van der Waals surface area contributed by atoms with Gasteiger partial charge < -0.3 is 5.32 Å². The molecule has 0 unspecified atom stereocenters. The molecule has 0 spiro atoms. The Morgan fingerprint density at radius 3 is 2.38 bits per heavy atom. The molecule has 0 bridgehead atoms. The van der Waals surface area contributed by atoms with Gasteiger partial charge in [-0.15, -0.1) is 29.9 Å². The highest BCUT2D eigenvalue weighted by Gasteiger charge is 2.15. The number of nitrogens with zero attached hydrogens (tertiary/aromatic N) is 5. The van der Waals surface area contributed by atoms with Crippen LogP contribution in [0.1, 0.15) is 36.7 Å². The van der Waals surface area contributed by atoms with Crippen molar-refractivity contribution in [3.8, 4) is 5.82 Å². The van der Waals surface area contributed by atoms with Gasteiger partial charge in [0.15, 0.2) is 17.3 Å². The Morgan fingerprint density at radius 1 is 1.03 bits per heavy atom. The zero-order valence-electron chi connectivity index (χ0n) is 16.2. The average molecular weight is 433 g/mol. The molecular formula is C20H22Cl2N6O. The first kappa shape index (κ1) is 22.4. The number of anilines is 1. The van der Waals surface area contributed by atoms with E-state index in [9.17, 15) is 4.79 Å². The van der Waals surface area contributed by atoms with Crippen LogP contribution in [0, 0.1) is 0 Å². The topological polar surface area (TPSA) is 77.1 Å². The standard InChI is InChI=1S/C20H20N6O.2ClH/c1-20(2,3)15-6-4-14(5-7-15)19(27)23-16-12-26-17(22-16)8-9-18(24-26)25-11-10-21-13-25;;/h4-13H,1-3H3,(H,23,27);2*1H. The fraction of sp³-hybridized carbons (Fsp3) is 0.200. The van der Waals surface area contributed by atoms with E-state index in [1.807, 2.05) is 42.6 Å². The monoisotopic (exact) mass is 432 g/mol. The first-order valence-corrected chi connectivity index (χ1v) is 8.67. The van der Waals surface area contributed by atoms with Crippen LogP contribution in [0.15, 0.2) is 61.3 Å². The minimum atomic E-state index is -0.200. The second-order valence-corrected chi connectivity index (χ2v) is 7.37. The molecule has 1 N–H and O–H groups in total. The predicted molar refractivity (Wildman–Crippen MR) is 118 cm³/mol. The van der Waals surface area contributed by atoms with Gasteiger partial charge in [0.25, 0.3) is 5.91 Å². The van der Waals surface area contributed by atoms with Gasteiger partial charge >= 0.3 is 0 Å². The van der Waals surface area contributed by atoms with Gasteiger partial charge in [0.05, 0.1) is 6.20 Å². The van der Waals surface area contributed by atoms with E-state index in [1.165, 1.54) is 5.56 Å². The van der Waals surface area contributed by atoms with Crippen molar-refractivity contribution in [3.63, 3.8) is 0 Å². The fourth-order valence-electron chi connectivity index (χ4n) is 2.77. The molecule has 3 heterocycles. The van der Waals surface area contributed by atoms with Crippen LogP contribution in [0.2, 0.25) is 0 Å². The third kappa shape index (κ3) is 4.75. The molecular weight excluding hydrogens is 411 g/mol. The lowest BCUT2D eigenvalue weighted by Crippen LogP contribution is -2.14. The minimum Gasteiger partial charge on any atom is -0.305 e. The minimum absolute atomic E-state index is 0. The van der Waals surface area contributed by atoms with Crippen molar-refractivity contribution in [1.82, 2.24) is 24.1 Å². The first-order valence-electron chi connectivity index (χ1n) is 8.67. The third-order valence-corrected chi connectivity index (χ3v) is 4.33. The first-order chi connectivity index (χ1) is 12.9. The van der Waals surface area contributed by atoms with Crippen LogP contribution in [0.4, 0.5) is 5.82 Å². The largest absolute Gasteiger partial charge is 0.305 e. The van der Waals surface area contributed by atoms with Crippen LogP contribution >= 0.6 is 24.8 Å². The highest BCUT2D eigenvalue weighted by molar-refractivity contribution is 6.03. The fourth-order valence-corrected chi connectivity index (χ4v) is 2.77. The maximum atomic E-state index is 12.5. The van der Waals surface area contributed by atoms with E-state index >= 15 is 0 Å². The number of rotatable bonds is 3. The van der Waals surface area contributed by atoms with Crippen molar-refractivity contribution < 1.29 is 4.79 Å². The molecule has 1 amide bonds. The van der Waals surface area contributed by atoms with Gasteiger partial charge in [-0.2, -0.15) is 0 Å². The number of carbonyl (C=O) groups is 1. The lowest BCUT2D eigenvalue weighted by Gasteiger charge is -2.18. The van der Waals surface area contributed by atoms with Gasteiger partial charge in [-0.3, -0.25) is 9.36 Å².